The number of hydrogen-bond donors (Lipinski definition) is 1. The van der Waals surface area contributed by atoms with Crippen LogP contribution in [-0.2, 0) is 17.9 Å². The van der Waals surface area contributed by atoms with Gasteiger partial charge in [0.05, 0.1) is 23.9 Å². The lowest BCUT2D eigenvalue weighted by molar-refractivity contribution is -0.119. The molecule has 1 aliphatic carbocycles. The van der Waals surface area contributed by atoms with Gasteiger partial charge >= 0.3 is 0 Å². The molecule has 2 aromatic heterocycles. The minimum atomic E-state index is -0.0877. The number of hydrogen-bond acceptors (Lipinski definition) is 6. The lowest BCUT2D eigenvalue weighted by Gasteiger charge is -2.36. The molecule has 3 aromatic rings. The lowest BCUT2D eigenvalue weighted by atomic mass is 9.71. The van der Waals surface area contributed by atoms with Crippen molar-refractivity contribution in [3.63, 3.8) is 0 Å². The van der Waals surface area contributed by atoms with Crippen molar-refractivity contribution in [1.29, 1.82) is 0 Å². The fraction of sp³-hybridized carbons (Fsp3) is 0.571. The summed E-state index contributed by atoms with van der Waals surface area (Å²) >= 11 is 0. The zero-order chi connectivity index (χ0) is 21.0. The van der Waals surface area contributed by atoms with E-state index >= 15 is 0 Å². The van der Waals surface area contributed by atoms with Crippen LogP contribution in [0.4, 0.5) is 5.69 Å². The molecule has 0 bridgehead atoms. The predicted octanol–water partition coefficient (Wildman–Crippen LogP) is 2.56. The molecular weight excluding hydrogens is 380 g/mol. The molecule has 30 heavy (non-hydrogen) atoms. The highest BCUT2D eigenvalue weighted by molar-refractivity contribution is 5.93. The van der Waals surface area contributed by atoms with Crippen LogP contribution in [-0.4, -0.2) is 61.2 Å². The first kappa shape index (κ1) is 20.5. The third-order valence-electron chi connectivity index (χ3n) is 6.03. The molecule has 1 amide bonds. The number of anilines is 1. The van der Waals surface area contributed by atoms with Crippen LogP contribution in [0, 0.1) is 5.41 Å². The van der Waals surface area contributed by atoms with Gasteiger partial charge in [0.1, 0.15) is 6.33 Å². The number of tetrazole rings is 1. The van der Waals surface area contributed by atoms with Gasteiger partial charge in [-0.15, -0.1) is 5.10 Å². The van der Waals surface area contributed by atoms with E-state index in [1.165, 1.54) is 6.42 Å². The quantitative estimate of drug-likeness (QED) is 0.613. The van der Waals surface area contributed by atoms with Gasteiger partial charge in [-0.2, -0.15) is 0 Å². The molecule has 1 aliphatic rings. The summed E-state index contributed by atoms with van der Waals surface area (Å²) < 4.78 is 3.90. The Hall–Kier alpha value is -2.81. The monoisotopic (exact) mass is 410 g/mol. The van der Waals surface area contributed by atoms with E-state index in [2.05, 4.69) is 49.4 Å². The van der Waals surface area contributed by atoms with E-state index < -0.39 is 0 Å². The Morgan fingerprint density at radius 3 is 2.77 bits per heavy atom. The molecule has 9 nitrogen and oxygen atoms in total. The molecular formula is C21H30N8O. The Labute approximate surface area is 176 Å². The number of aromatic nitrogens is 6. The summed E-state index contributed by atoms with van der Waals surface area (Å²) in [5, 5.41) is 14.6. The summed E-state index contributed by atoms with van der Waals surface area (Å²) in [6.07, 6.45) is 9.54. The Morgan fingerprint density at radius 1 is 1.20 bits per heavy atom. The molecule has 2 heterocycles. The van der Waals surface area contributed by atoms with Crippen LogP contribution in [0.25, 0.3) is 11.0 Å². The summed E-state index contributed by atoms with van der Waals surface area (Å²) in [4.78, 5) is 19.6. The second-order valence-corrected chi connectivity index (χ2v) is 8.74. The highest BCUT2D eigenvalue weighted by atomic mass is 16.1. The topological polar surface area (TPSA) is 93.8 Å². The number of nitrogens with zero attached hydrogens (tertiary/aromatic N) is 7. The van der Waals surface area contributed by atoms with Crippen LogP contribution < -0.4 is 5.32 Å². The number of carbonyl (C=O) groups is 1. The van der Waals surface area contributed by atoms with Crippen LogP contribution >= 0.6 is 0 Å². The third kappa shape index (κ3) is 4.84. The van der Waals surface area contributed by atoms with E-state index in [-0.39, 0.29) is 11.3 Å². The maximum absolute atomic E-state index is 12.9. The van der Waals surface area contributed by atoms with Crippen molar-refractivity contribution in [2.24, 2.45) is 5.41 Å². The summed E-state index contributed by atoms with van der Waals surface area (Å²) in [5.41, 5.74) is 2.68. The number of likely N-dealkylation sites (N-methyl/N-ethyl adjacent to an activating group) is 1. The van der Waals surface area contributed by atoms with Gasteiger partial charge < -0.3 is 14.8 Å². The molecule has 0 unspecified atom stereocenters. The van der Waals surface area contributed by atoms with Crippen molar-refractivity contribution in [3.8, 4) is 0 Å². The Bertz CT molecular complexity index is 972. The minimum Gasteiger partial charge on any atom is -0.329 e. The van der Waals surface area contributed by atoms with Crippen molar-refractivity contribution in [3.05, 3.63) is 30.9 Å². The van der Waals surface area contributed by atoms with E-state index in [1.807, 2.05) is 24.5 Å². The van der Waals surface area contributed by atoms with E-state index in [9.17, 15) is 4.79 Å². The van der Waals surface area contributed by atoms with Crippen molar-refractivity contribution in [1.82, 2.24) is 34.7 Å². The molecule has 1 N–H and O–H groups in total. The number of nitrogens with one attached hydrogen (secondary N) is 1. The van der Waals surface area contributed by atoms with E-state index in [4.69, 9.17) is 0 Å². The summed E-state index contributed by atoms with van der Waals surface area (Å²) in [7, 11) is 4.12. The Morgan fingerprint density at radius 2 is 2.03 bits per heavy atom. The Kier molecular flexibility index (Phi) is 6.08. The van der Waals surface area contributed by atoms with Gasteiger partial charge in [-0.25, -0.2) is 9.67 Å². The van der Waals surface area contributed by atoms with Gasteiger partial charge in [0.15, 0.2) is 0 Å². The number of benzene rings is 1. The fourth-order valence-electron chi connectivity index (χ4n) is 4.46. The number of fused-ring (bicyclic) bond motifs is 1. The maximum Gasteiger partial charge on any atom is 0.225 e. The molecule has 0 aliphatic heterocycles. The molecule has 4 rings (SSSR count). The molecule has 0 saturated heterocycles. The summed E-state index contributed by atoms with van der Waals surface area (Å²) in [6, 6.07) is 5.95. The van der Waals surface area contributed by atoms with Crippen molar-refractivity contribution in [2.75, 3.05) is 26.0 Å². The van der Waals surface area contributed by atoms with Crippen LogP contribution in [0.1, 0.15) is 38.5 Å². The average molecular weight is 411 g/mol. The number of carbonyl (C=O) groups excluding carboxylic acids is 1. The molecule has 1 saturated carbocycles. The van der Waals surface area contributed by atoms with E-state index in [0.29, 0.717) is 13.0 Å². The molecule has 0 atom stereocenters. The second kappa shape index (κ2) is 8.91. The average Bonchev–Trinajstić information content (AvgIpc) is 3.36. The predicted molar refractivity (Wildman–Crippen MR) is 115 cm³/mol. The lowest BCUT2D eigenvalue weighted by Crippen LogP contribution is -2.34. The highest BCUT2D eigenvalue weighted by Gasteiger charge is 2.35. The van der Waals surface area contributed by atoms with Gasteiger partial charge in [0.25, 0.3) is 0 Å². The largest absolute Gasteiger partial charge is 0.329 e. The SMILES string of the molecule is CN(C)CCn1cnc2cc(NC(=O)CC3(Cn4cnnn4)CCCCC3)ccc21. The zero-order valence-corrected chi connectivity index (χ0v) is 17.8. The molecule has 1 fully saturated rings. The van der Waals surface area contributed by atoms with Crippen LogP contribution in [0.2, 0.25) is 0 Å². The molecule has 0 spiro atoms. The van der Waals surface area contributed by atoms with Crippen molar-refractivity contribution < 1.29 is 4.79 Å². The van der Waals surface area contributed by atoms with E-state index in [0.717, 1.165) is 55.5 Å². The maximum atomic E-state index is 12.9. The Balaban J connectivity index is 1.43. The summed E-state index contributed by atoms with van der Waals surface area (Å²) in [6.45, 7) is 2.52. The van der Waals surface area contributed by atoms with Gasteiger partial charge in [0.2, 0.25) is 5.91 Å². The van der Waals surface area contributed by atoms with Gasteiger partial charge in [-0.1, -0.05) is 19.3 Å². The standard InChI is InChI=1S/C21H30N8O/c1-27(2)10-11-28-15-22-18-12-17(6-7-19(18)28)24-20(30)13-21(8-4-3-5-9-21)14-29-16-23-25-26-29/h6-7,12,15-16H,3-5,8-11,13-14H2,1-2H3,(H,24,30). The minimum absolute atomic E-state index is 0.0383. The fourth-order valence-corrected chi connectivity index (χ4v) is 4.46. The third-order valence-corrected chi connectivity index (χ3v) is 6.03. The molecule has 0 radical (unpaired) electrons. The smallest absolute Gasteiger partial charge is 0.225 e. The first-order valence-corrected chi connectivity index (χ1v) is 10.6. The van der Waals surface area contributed by atoms with Crippen LogP contribution in [0.5, 0.6) is 0 Å². The van der Waals surface area contributed by atoms with Gasteiger partial charge in [-0.3, -0.25) is 4.79 Å². The van der Waals surface area contributed by atoms with Gasteiger partial charge in [0, 0.05) is 25.2 Å². The number of imidazole rings is 1. The van der Waals surface area contributed by atoms with Crippen molar-refractivity contribution >= 4 is 22.6 Å². The second-order valence-electron chi connectivity index (χ2n) is 8.74. The summed E-state index contributed by atoms with van der Waals surface area (Å²) in [5.74, 6) is 0.0383. The first-order valence-electron chi connectivity index (χ1n) is 10.6. The number of rotatable bonds is 8. The highest BCUT2D eigenvalue weighted by Crippen LogP contribution is 2.41. The van der Waals surface area contributed by atoms with Crippen molar-refractivity contribution in [2.45, 2.75) is 51.6 Å². The van der Waals surface area contributed by atoms with Crippen LogP contribution in [0.15, 0.2) is 30.9 Å². The number of amides is 1. The molecule has 9 heteroatoms. The first-order chi connectivity index (χ1) is 14.5. The van der Waals surface area contributed by atoms with E-state index in [1.54, 1.807) is 11.0 Å². The zero-order valence-electron chi connectivity index (χ0n) is 17.8. The molecule has 160 valence electrons. The molecule has 1 aromatic carbocycles. The van der Waals surface area contributed by atoms with Crippen LogP contribution in [0.3, 0.4) is 0 Å². The van der Waals surface area contributed by atoms with Gasteiger partial charge in [-0.05, 0) is 61.0 Å². The normalized spacial score (nSPS) is 16.2.